The minimum absolute atomic E-state index is 0.00248. The number of fused-ring (bicyclic) bond motifs is 1. The highest BCUT2D eigenvalue weighted by atomic mass is 32.2. The summed E-state index contributed by atoms with van der Waals surface area (Å²) in [5.74, 6) is -5.13. The van der Waals surface area contributed by atoms with E-state index in [2.05, 4.69) is 20.8 Å². The summed E-state index contributed by atoms with van der Waals surface area (Å²) in [7, 11) is -5.21. The molecule has 0 saturated carbocycles. The molecular weight excluding hydrogens is 617 g/mol. The molecule has 0 aliphatic carbocycles. The summed E-state index contributed by atoms with van der Waals surface area (Å²) in [6.07, 6.45) is -5.13. The van der Waals surface area contributed by atoms with Crippen LogP contribution in [0.25, 0.3) is 0 Å². The topological polar surface area (TPSA) is 200 Å². The monoisotopic (exact) mass is 646 g/mol. The lowest BCUT2D eigenvalue weighted by molar-refractivity contribution is -0.171. The molecule has 1 aromatic rings. The fraction of sp³-hybridized carbons (Fsp3) is 0.750. The Morgan fingerprint density at radius 1 is 1.29 bits per heavy atom. The number of hydrogen-bond acceptors (Lipinski definition) is 12. The minimum Gasteiger partial charge on any atom is -0.459 e. The number of amides is 4. The number of nitrogens with one attached hydrogen (secondary N) is 1. The second-order valence-corrected chi connectivity index (χ2v) is 14.2. The number of rotatable bonds is 10. The van der Waals surface area contributed by atoms with Crippen LogP contribution in [0, 0.1) is 5.41 Å². The number of primary amides is 1. The highest BCUT2D eigenvalue weighted by Crippen LogP contribution is 2.47. The van der Waals surface area contributed by atoms with Gasteiger partial charge in [0, 0.05) is 31.5 Å². The molecule has 41 heavy (non-hydrogen) atoms. The van der Waals surface area contributed by atoms with Crippen molar-refractivity contribution in [3.05, 3.63) is 0 Å². The molecule has 1 aromatic heterocycles. The van der Waals surface area contributed by atoms with Crippen LogP contribution in [0.3, 0.4) is 0 Å². The molecule has 2 fully saturated rings. The third-order valence-corrected chi connectivity index (χ3v) is 10.4. The highest BCUT2D eigenvalue weighted by molar-refractivity contribution is 8.00. The van der Waals surface area contributed by atoms with E-state index >= 15 is 0 Å². The number of tetrazole rings is 1. The van der Waals surface area contributed by atoms with Gasteiger partial charge in [0.25, 0.3) is 5.91 Å². The number of carbonyl (C=O) groups excluding carboxylic acids is 4. The van der Waals surface area contributed by atoms with Crippen molar-refractivity contribution in [3.63, 3.8) is 0 Å². The van der Waals surface area contributed by atoms with Crippen molar-refractivity contribution in [3.8, 4) is 0 Å². The van der Waals surface area contributed by atoms with Crippen LogP contribution >= 0.6 is 23.5 Å². The van der Waals surface area contributed by atoms with Gasteiger partial charge in [-0.1, -0.05) is 11.8 Å². The SMILES string of the molecule is CC(=O)N(C1C(=O)N2CC(CSc3nnnn3CCNC(N)=O)(C(=O)OC(C)(C)C)CS[C@H]12)S(=O)(=O)CC(F)(F)F. The van der Waals surface area contributed by atoms with E-state index in [0.29, 0.717) is 0 Å². The van der Waals surface area contributed by atoms with E-state index in [-0.39, 0.29) is 40.6 Å². The van der Waals surface area contributed by atoms with Gasteiger partial charge in [-0.15, -0.1) is 16.9 Å². The van der Waals surface area contributed by atoms with Gasteiger partial charge in [-0.25, -0.2) is 22.2 Å². The number of carbonyl (C=O) groups is 4. The molecular formula is C20H29F3N8O7S3. The number of aromatic nitrogens is 4. The Hall–Kier alpha value is -2.81. The number of esters is 1. The zero-order valence-electron chi connectivity index (χ0n) is 22.4. The molecule has 2 aliphatic heterocycles. The summed E-state index contributed by atoms with van der Waals surface area (Å²) in [6.45, 7) is 5.75. The van der Waals surface area contributed by atoms with E-state index < -0.39 is 68.2 Å². The third kappa shape index (κ3) is 7.73. The zero-order chi connectivity index (χ0) is 31.0. The maximum Gasteiger partial charge on any atom is 0.404 e. The lowest BCUT2D eigenvalue weighted by Gasteiger charge is -2.56. The molecule has 2 saturated heterocycles. The van der Waals surface area contributed by atoms with Gasteiger partial charge in [0.1, 0.15) is 16.4 Å². The Bertz CT molecular complexity index is 1300. The summed E-state index contributed by atoms with van der Waals surface area (Å²) >= 11 is 2.02. The number of nitrogens with zero attached hydrogens (tertiary/aromatic N) is 6. The Labute approximate surface area is 241 Å². The smallest absolute Gasteiger partial charge is 0.404 e. The summed E-state index contributed by atoms with van der Waals surface area (Å²) in [5.41, 5.74) is 2.80. The van der Waals surface area contributed by atoms with E-state index in [9.17, 15) is 40.8 Å². The van der Waals surface area contributed by atoms with Crippen molar-refractivity contribution in [2.45, 2.75) is 62.6 Å². The van der Waals surface area contributed by atoms with Gasteiger partial charge in [0.15, 0.2) is 11.8 Å². The molecule has 3 atom stereocenters. The van der Waals surface area contributed by atoms with Crippen LogP contribution in [0.15, 0.2) is 5.16 Å². The summed E-state index contributed by atoms with van der Waals surface area (Å²) in [5, 5.41) is 13.0. The summed E-state index contributed by atoms with van der Waals surface area (Å²) < 4.78 is 70.8. The quantitative estimate of drug-likeness (QED) is 0.193. The molecule has 2 unspecified atom stereocenters. The van der Waals surface area contributed by atoms with Gasteiger partial charge in [-0.05, 0) is 31.2 Å². The van der Waals surface area contributed by atoms with E-state index in [0.717, 1.165) is 35.3 Å². The number of β-lactam (4-membered cyclic amide) rings is 1. The number of thioether (sulfide) groups is 2. The van der Waals surface area contributed by atoms with Crippen LogP contribution in [0.4, 0.5) is 18.0 Å². The van der Waals surface area contributed by atoms with Crippen molar-refractivity contribution in [1.29, 1.82) is 0 Å². The van der Waals surface area contributed by atoms with Gasteiger partial charge in [0.2, 0.25) is 21.1 Å². The molecule has 0 spiro atoms. The third-order valence-electron chi connectivity index (χ3n) is 5.76. The van der Waals surface area contributed by atoms with Crippen molar-refractivity contribution in [2.24, 2.45) is 11.1 Å². The second kappa shape index (κ2) is 11.8. The van der Waals surface area contributed by atoms with E-state index in [4.69, 9.17) is 10.5 Å². The van der Waals surface area contributed by atoms with Gasteiger partial charge >= 0.3 is 18.2 Å². The maximum atomic E-state index is 13.5. The lowest BCUT2D eigenvalue weighted by atomic mass is 9.89. The van der Waals surface area contributed by atoms with E-state index in [1.54, 1.807) is 20.8 Å². The number of hydrogen-bond donors (Lipinski definition) is 2. The van der Waals surface area contributed by atoms with Gasteiger partial charge in [-0.3, -0.25) is 14.4 Å². The number of nitrogens with two attached hydrogens (primary N) is 1. The second-order valence-electron chi connectivity index (χ2n) is 10.3. The first-order valence-corrected chi connectivity index (χ1v) is 15.6. The van der Waals surface area contributed by atoms with Gasteiger partial charge in [0.05, 0.1) is 6.54 Å². The first-order valence-electron chi connectivity index (χ1n) is 11.9. The number of sulfonamides is 1. The van der Waals surface area contributed by atoms with Crippen molar-refractivity contribution < 1.29 is 45.5 Å². The Kier molecular flexibility index (Phi) is 9.43. The molecule has 230 valence electrons. The van der Waals surface area contributed by atoms with Crippen LogP contribution in [-0.4, -0.2) is 115 Å². The average Bonchev–Trinajstić information content (AvgIpc) is 3.24. The Morgan fingerprint density at radius 3 is 2.51 bits per heavy atom. The van der Waals surface area contributed by atoms with Crippen molar-refractivity contribution in [2.75, 3.05) is 30.3 Å². The maximum absolute atomic E-state index is 13.5. The standard InChI is InChI=1S/C20H29F3N8O7S3/c1-11(32)31(41(36,37)10-20(21,22)23)12-13(33)29-7-19(8-39-14(12)29,15(34)38-18(2,3)4)9-40-17-26-27-28-30(17)6-5-25-16(24)35/h12,14H,5-10H2,1-4H3,(H3,24,25,35)/t12?,14-,19?/m1/s1. The van der Waals surface area contributed by atoms with Crippen LogP contribution < -0.4 is 11.1 Å². The molecule has 3 rings (SSSR count). The first kappa shape index (κ1) is 32.7. The number of ether oxygens (including phenoxy) is 1. The fourth-order valence-electron chi connectivity index (χ4n) is 4.11. The zero-order valence-corrected chi connectivity index (χ0v) is 24.8. The molecule has 0 aromatic carbocycles. The predicted octanol–water partition coefficient (Wildman–Crippen LogP) is -0.214. The molecule has 3 N–H and O–H groups in total. The Morgan fingerprint density at radius 2 is 1.95 bits per heavy atom. The normalized spacial score (nSPS) is 22.9. The molecule has 3 heterocycles. The predicted molar refractivity (Wildman–Crippen MR) is 139 cm³/mol. The van der Waals surface area contributed by atoms with Crippen molar-refractivity contribution in [1.82, 2.24) is 34.7 Å². The molecule has 21 heteroatoms. The van der Waals surface area contributed by atoms with E-state index in [1.807, 2.05) is 0 Å². The number of alkyl halides is 3. The number of urea groups is 1. The van der Waals surface area contributed by atoms with Gasteiger partial charge < -0.3 is 20.7 Å². The molecule has 2 aliphatic rings. The minimum atomic E-state index is -5.21. The van der Waals surface area contributed by atoms with E-state index in [1.165, 1.54) is 4.68 Å². The molecule has 0 bridgehead atoms. The van der Waals surface area contributed by atoms with Gasteiger partial charge in [-0.2, -0.15) is 13.2 Å². The van der Waals surface area contributed by atoms with Crippen LogP contribution in [-0.2, 0) is 35.7 Å². The molecule has 4 amide bonds. The fourth-order valence-corrected chi connectivity index (χ4v) is 8.48. The van der Waals surface area contributed by atoms with Crippen LogP contribution in [0.1, 0.15) is 27.7 Å². The average molecular weight is 647 g/mol. The molecule has 15 nitrogen and oxygen atoms in total. The van der Waals surface area contributed by atoms with Crippen molar-refractivity contribution >= 4 is 57.4 Å². The van der Waals surface area contributed by atoms with Crippen LogP contribution in [0.5, 0.6) is 0 Å². The summed E-state index contributed by atoms with van der Waals surface area (Å²) in [4.78, 5) is 50.9. The summed E-state index contributed by atoms with van der Waals surface area (Å²) in [6, 6.07) is -2.42. The lowest BCUT2D eigenvalue weighted by Crippen LogP contribution is -2.75. The Balaban J connectivity index is 1.83. The largest absolute Gasteiger partial charge is 0.459 e. The highest BCUT2D eigenvalue weighted by Gasteiger charge is 2.62. The van der Waals surface area contributed by atoms with Crippen LogP contribution in [0.2, 0.25) is 0 Å². The number of halogens is 3. The first-order chi connectivity index (χ1) is 18.8. The molecule has 0 radical (unpaired) electrons.